The topological polar surface area (TPSA) is 79.6 Å². The van der Waals surface area contributed by atoms with Crippen molar-refractivity contribution in [2.45, 2.75) is 12.8 Å². The summed E-state index contributed by atoms with van der Waals surface area (Å²) in [6.45, 7) is 0.942. The molecule has 1 aromatic carbocycles. The van der Waals surface area contributed by atoms with Gasteiger partial charge in [-0.15, -0.1) is 0 Å². The molecule has 0 amide bonds. The summed E-state index contributed by atoms with van der Waals surface area (Å²) in [5.74, 6) is -0.585. The van der Waals surface area contributed by atoms with Gasteiger partial charge in [0.05, 0.1) is 24.5 Å². The van der Waals surface area contributed by atoms with E-state index in [4.69, 9.17) is 14.7 Å². The molecule has 6 heteroatoms. The Morgan fingerprint density at radius 1 is 1.14 bits per heavy atom. The maximum atomic E-state index is 11.6. The fraction of sp³-hybridized carbons (Fsp3) is 0.400. The van der Waals surface area contributed by atoms with Gasteiger partial charge in [0.15, 0.2) is 0 Å². The van der Waals surface area contributed by atoms with E-state index in [-0.39, 0.29) is 12.8 Å². The van der Waals surface area contributed by atoms with Crippen LogP contribution < -0.4 is 4.74 Å². The molecule has 21 heavy (non-hydrogen) atoms. The third kappa shape index (κ3) is 7.09. The van der Waals surface area contributed by atoms with Gasteiger partial charge in [-0.25, -0.2) is 0 Å². The first-order valence-electron chi connectivity index (χ1n) is 6.52. The molecule has 0 fully saturated rings. The van der Waals surface area contributed by atoms with Gasteiger partial charge in [-0.2, -0.15) is 5.26 Å². The van der Waals surface area contributed by atoms with Crippen molar-refractivity contribution < 1.29 is 19.1 Å². The van der Waals surface area contributed by atoms with Gasteiger partial charge in [0.1, 0.15) is 12.4 Å². The molecule has 0 radical (unpaired) electrons. The Bertz CT molecular complexity index is 517. The summed E-state index contributed by atoms with van der Waals surface area (Å²) in [4.78, 5) is 24.8. The number of ether oxygens (including phenoxy) is 2. The van der Waals surface area contributed by atoms with Crippen molar-refractivity contribution in [2.75, 3.05) is 27.2 Å². The average molecular weight is 290 g/mol. The lowest BCUT2D eigenvalue weighted by Crippen LogP contribution is -2.20. The number of hydrogen-bond acceptors (Lipinski definition) is 6. The van der Waals surface area contributed by atoms with Gasteiger partial charge < -0.3 is 14.4 Å². The molecule has 6 nitrogen and oxygen atoms in total. The van der Waals surface area contributed by atoms with Gasteiger partial charge in [-0.3, -0.25) is 9.59 Å². The summed E-state index contributed by atoms with van der Waals surface area (Å²) < 4.78 is 10.0. The Kier molecular flexibility index (Phi) is 6.92. The van der Waals surface area contributed by atoms with Crippen LogP contribution in [0.4, 0.5) is 0 Å². The number of carbonyl (C=O) groups excluding carboxylic acids is 2. The first-order valence-corrected chi connectivity index (χ1v) is 6.52. The normalized spacial score (nSPS) is 10.0. The van der Waals surface area contributed by atoms with Crippen LogP contribution >= 0.6 is 0 Å². The van der Waals surface area contributed by atoms with Crippen molar-refractivity contribution in [3.05, 3.63) is 29.8 Å². The third-order valence-corrected chi connectivity index (χ3v) is 2.55. The second kappa shape index (κ2) is 8.72. The maximum Gasteiger partial charge on any atom is 0.311 e. The highest BCUT2D eigenvalue weighted by Gasteiger charge is 2.10. The zero-order valence-corrected chi connectivity index (χ0v) is 12.2. The smallest absolute Gasteiger partial charge is 0.311 e. The summed E-state index contributed by atoms with van der Waals surface area (Å²) in [5.41, 5.74) is 0.485. The molecular weight excluding hydrogens is 272 g/mol. The van der Waals surface area contributed by atoms with Crippen LogP contribution in [-0.2, 0) is 14.3 Å². The first kappa shape index (κ1) is 16.7. The second-order valence-corrected chi connectivity index (χ2v) is 4.63. The third-order valence-electron chi connectivity index (χ3n) is 2.55. The zero-order chi connectivity index (χ0) is 15.7. The van der Waals surface area contributed by atoms with Crippen molar-refractivity contribution in [3.63, 3.8) is 0 Å². The standard InChI is InChI=1S/C15H18N2O4/c1-17(2)9-10-20-14(18)7-8-15(19)21-13-5-3-12(11-16)4-6-13/h3-6H,7-10H2,1-2H3. The predicted molar refractivity (Wildman–Crippen MR) is 75.5 cm³/mol. The van der Waals surface area contributed by atoms with Gasteiger partial charge in [0, 0.05) is 6.54 Å². The number of rotatable bonds is 7. The van der Waals surface area contributed by atoms with E-state index in [2.05, 4.69) is 0 Å². The fourth-order valence-electron chi connectivity index (χ4n) is 1.40. The highest BCUT2D eigenvalue weighted by atomic mass is 16.5. The van der Waals surface area contributed by atoms with E-state index in [9.17, 15) is 9.59 Å². The van der Waals surface area contributed by atoms with Crippen LogP contribution in [0.5, 0.6) is 5.75 Å². The molecule has 0 aromatic heterocycles. The highest BCUT2D eigenvalue weighted by Crippen LogP contribution is 2.12. The van der Waals surface area contributed by atoms with Crippen LogP contribution in [0.25, 0.3) is 0 Å². The molecule has 0 aliphatic rings. The van der Waals surface area contributed by atoms with E-state index in [0.717, 1.165) is 0 Å². The molecule has 112 valence electrons. The largest absolute Gasteiger partial charge is 0.464 e. The number of likely N-dealkylation sites (N-methyl/N-ethyl adjacent to an activating group) is 1. The van der Waals surface area contributed by atoms with Gasteiger partial charge in [-0.05, 0) is 38.4 Å². The van der Waals surface area contributed by atoms with Crippen molar-refractivity contribution in [1.29, 1.82) is 5.26 Å². The minimum Gasteiger partial charge on any atom is -0.464 e. The van der Waals surface area contributed by atoms with Crippen LogP contribution in [-0.4, -0.2) is 44.1 Å². The number of esters is 2. The fourth-order valence-corrected chi connectivity index (χ4v) is 1.40. The van der Waals surface area contributed by atoms with E-state index >= 15 is 0 Å². The van der Waals surface area contributed by atoms with Crippen LogP contribution in [0.15, 0.2) is 24.3 Å². The summed E-state index contributed by atoms with van der Waals surface area (Å²) in [6.07, 6.45) is -0.0522. The lowest BCUT2D eigenvalue weighted by molar-refractivity contribution is -0.147. The molecular formula is C15H18N2O4. The van der Waals surface area contributed by atoms with Crippen molar-refractivity contribution in [1.82, 2.24) is 4.90 Å². The minimum atomic E-state index is -0.510. The quantitative estimate of drug-likeness (QED) is 0.557. The molecule has 0 saturated carbocycles. The van der Waals surface area contributed by atoms with E-state index in [1.807, 2.05) is 25.1 Å². The van der Waals surface area contributed by atoms with Gasteiger partial charge >= 0.3 is 11.9 Å². The number of carbonyl (C=O) groups is 2. The Morgan fingerprint density at radius 2 is 1.76 bits per heavy atom. The Labute approximate surface area is 123 Å². The molecule has 0 spiro atoms. The van der Waals surface area contributed by atoms with Crippen molar-refractivity contribution in [3.8, 4) is 11.8 Å². The lowest BCUT2D eigenvalue weighted by Gasteiger charge is -2.09. The highest BCUT2D eigenvalue weighted by molar-refractivity contribution is 5.79. The Hall–Kier alpha value is -2.39. The molecule has 1 aromatic rings. The van der Waals surface area contributed by atoms with Crippen LogP contribution in [0.1, 0.15) is 18.4 Å². The molecule has 0 heterocycles. The SMILES string of the molecule is CN(C)CCOC(=O)CCC(=O)Oc1ccc(C#N)cc1. The van der Waals surface area contributed by atoms with Gasteiger partial charge in [0.25, 0.3) is 0 Å². The number of nitriles is 1. The van der Waals surface area contributed by atoms with Gasteiger partial charge in [-0.1, -0.05) is 0 Å². The summed E-state index contributed by atoms with van der Waals surface area (Å²) >= 11 is 0. The monoisotopic (exact) mass is 290 g/mol. The summed E-state index contributed by atoms with van der Waals surface area (Å²) in [5, 5.41) is 8.65. The van der Waals surface area contributed by atoms with Crippen LogP contribution in [0, 0.1) is 11.3 Å². The Balaban J connectivity index is 2.27. The minimum absolute atomic E-state index is 0.0114. The number of hydrogen-bond donors (Lipinski definition) is 0. The zero-order valence-electron chi connectivity index (χ0n) is 12.2. The molecule has 0 aliphatic heterocycles. The number of nitrogens with zero attached hydrogens (tertiary/aromatic N) is 2. The van der Waals surface area contributed by atoms with Crippen LogP contribution in [0.3, 0.4) is 0 Å². The number of benzene rings is 1. The molecule has 0 unspecified atom stereocenters. The van der Waals surface area contributed by atoms with Crippen molar-refractivity contribution >= 4 is 11.9 Å². The van der Waals surface area contributed by atoms with Gasteiger partial charge in [0.2, 0.25) is 0 Å². The van der Waals surface area contributed by atoms with Crippen molar-refractivity contribution in [2.24, 2.45) is 0 Å². The Morgan fingerprint density at radius 3 is 2.33 bits per heavy atom. The second-order valence-electron chi connectivity index (χ2n) is 4.63. The molecule has 0 bridgehead atoms. The predicted octanol–water partition coefficient (Wildman–Crippen LogP) is 1.35. The lowest BCUT2D eigenvalue weighted by atomic mass is 10.2. The van der Waals surface area contributed by atoms with E-state index in [1.165, 1.54) is 12.1 Å². The molecule has 1 rings (SSSR count). The average Bonchev–Trinajstić information content (AvgIpc) is 2.45. The molecule has 0 N–H and O–H groups in total. The summed E-state index contributed by atoms with van der Waals surface area (Å²) in [6, 6.07) is 8.14. The molecule has 0 saturated heterocycles. The maximum absolute atomic E-state index is 11.6. The summed E-state index contributed by atoms with van der Waals surface area (Å²) in [7, 11) is 3.76. The molecule has 0 aliphatic carbocycles. The van der Waals surface area contributed by atoms with E-state index in [0.29, 0.717) is 24.5 Å². The first-order chi connectivity index (χ1) is 10.0. The molecule has 0 atom stereocenters. The van der Waals surface area contributed by atoms with E-state index in [1.54, 1.807) is 12.1 Å². The van der Waals surface area contributed by atoms with Crippen LogP contribution in [0.2, 0.25) is 0 Å². The van der Waals surface area contributed by atoms with E-state index < -0.39 is 11.9 Å².